The van der Waals surface area contributed by atoms with E-state index in [1.54, 1.807) is 6.92 Å². The summed E-state index contributed by atoms with van der Waals surface area (Å²) in [6.45, 7) is 2.20. The highest BCUT2D eigenvalue weighted by Crippen LogP contribution is 2.24. The van der Waals surface area contributed by atoms with Gasteiger partial charge >= 0.3 is 12.0 Å². The zero-order valence-corrected chi connectivity index (χ0v) is 12.2. The number of carbonyl (C=O) groups excluding carboxylic acids is 1. The minimum Gasteiger partial charge on any atom is -0.480 e. The zero-order chi connectivity index (χ0) is 14.9. The van der Waals surface area contributed by atoms with Crippen molar-refractivity contribution in [2.45, 2.75) is 38.3 Å². The van der Waals surface area contributed by atoms with Crippen molar-refractivity contribution in [2.75, 3.05) is 18.1 Å². The maximum absolute atomic E-state index is 12.1. The van der Waals surface area contributed by atoms with Crippen molar-refractivity contribution in [1.29, 1.82) is 0 Å². The second kappa shape index (κ2) is 5.59. The maximum atomic E-state index is 12.1. The molecule has 7 nitrogen and oxygen atoms in total. The van der Waals surface area contributed by atoms with Crippen molar-refractivity contribution in [1.82, 2.24) is 10.2 Å². The molecule has 0 saturated carbocycles. The molecule has 20 heavy (non-hydrogen) atoms. The van der Waals surface area contributed by atoms with E-state index in [-0.39, 0.29) is 17.4 Å². The highest BCUT2D eigenvalue weighted by atomic mass is 32.2. The Labute approximate surface area is 118 Å². The van der Waals surface area contributed by atoms with E-state index in [0.717, 1.165) is 0 Å². The van der Waals surface area contributed by atoms with E-state index in [2.05, 4.69) is 5.32 Å². The van der Waals surface area contributed by atoms with Gasteiger partial charge in [0.1, 0.15) is 6.04 Å². The minimum absolute atomic E-state index is 0.0557. The molecule has 0 aliphatic carbocycles. The molecule has 8 heteroatoms. The third-order valence-electron chi connectivity index (χ3n) is 4.00. The first-order valence-electron chi connectivity index (χ1n) is 6.80. The fourth-order valence-corrected chi connectivity index (χ4v) is 4.58. The first kappa shape index (κ1) is 15.1. The molecule has 0 bridgehead atoms. The second-order valence-corrected chi connectivity index (χ2v) is 7.87. The van der Waals surface area contributed by atoms with Gasteiger partial charge in [-0.3, -0.25) is 0 Å². The van der Waals surface area contributed by atoms with Gasteiger partial charge < -0.3 is 15.3 Å². The zero-order valence-electron chi connectivity index (χ0n) is 11.4. The van der Waals surface area contributed by atoms with Crippen molar-refractivity contribution in [3.8, 4) is 0 Å². The number of carboxylic acid groups (broad SMARTS) is 1. The number of nitrogens with one attached hydrogen (secondary N) is 1. The molecule has 0 aromatic rings. The number of carboxylic acids is 1. The molecule has 0 spiro atoms. The standard InChI is InChI=1S/C12H20N2O5S/c1-8-4-5-14(10(8)11(15)16)12(17)13-9-3-2-6-20(18,19)7-9/h8-10H,2-7H2,1H3,(H,13,17)(H,15,16). The van der Waals surface area contributed by atoms with Crippen LogP contribution in [0.25, 0.3) is 0 Å². The smallest absolute Gasteiger partial charge is 0.326 e. The number of nitrogens with zero attached hydrogens (tertiary/aromatic N) is 1. The van der Waals surface area contributed by atoms with Crippen molar-refractivity contribution in [3.05, 3.63) is 0 Å². The van der Waals surface area contributed by atoms with Crippen LogP contribution in [0, 0.1) is 5.92 Å². The molecule has 3 atom stereocenters. The minimum atomic E-state index is -3.09. The van der Waals surface area contributed by atoms with Crippen LogP contribution in [0.1, 0.15) is 26.2 Å². The highest BCUT2D eigenvalue weighted by Gasteiger charge is 2.40. The molecule has 114 valence electrons. The van der Waals surface area contributed by atoms with Gasteiger partial charge in [0.2, 0.25) is 0 Å². The van der Waals surface area contributed by atoms with E-state index < -0.39 is 33.9 Å². The number of aliphatic carboxylic acids is 1. The molecule has 0 aromatic heterocycles. The van der Waals surface area contributed by atoms with E-state index in [0.29, 0.717) is 25.8 Å². The molecular formula is C12H20N2O5S. The lowest BCUT2D eigenvalue weighted by molar-refractivity contribution is -0.142. The molecular weight excluding hydrogens is 284 g/mol. The van der Waals surface area contributed by atoms with Gasteiger partial charge in [-0.15, -0.1) is 0 Å². The van der Waals surface area contributed by atoms with Crippen LogP contribution in [0.2, 0.25) is 0 Å². The molecule has 2 heterocycles. The Kier molecular flexibility index (Phi) is 4.22. The predicted molar refractivity (Wildman–Crippen MR) is 72.1 cm³/mol. The van der Waals surface area contributed by atoms with E-state index in [1.807, 2.05) is 0 Å². The molecule has 2 fully saturated rings. The van der Waals surface area contributed by atoms with E-state index in [4.69, 9.17) is 0 Å². The summed E-state index contributed by atoms with van der Waals surface area (Å²) >= 11 is 0. The van der Waals surface area contributed by atoms with E-state index in [1.165, 1.54) is 4.90 Å². The Balaban J connectivity index is 1.99. The number of likely N-dealkylation sites (tertiary alicyclic amines) is 1. The van der Waals surface area contributed by atoms with Crippen LogP contribution in [0.3, 0.4) is 0 Å². The van der Waals surface area contributed by atoms with Crippen molar-refractivity contribution >= 4 is 21.8 Å². The van der Waals surface area contributed by atoms with Crippen molar-refractivity contribution < 1.29 is 23.1 Å². The maximum Gasteiger partial charge on any atom is 0.326 e. The summed E-state index contributed by atoms with van der Waals surface area (Å²) in [7, 11) is -3.09. The fourth-order valence-electron chi connectivity index (χ4n) is 2.95. The van der Waals surface area contributed by atoms with Crippen LogP contribution in [-0.4, -0.2) is 60.6 Å². The van der Waals surface area contributed by atoms with Gasteiger partial charge in [-0.2, -0.15) is 0 Å². The molecule has 2 N–H and O–H groups in total. The fraction of sp³-hybridized carbons (Fsp3) is 0.833. The van der Waals surface area contributed by atoms with Crippen LogP contribution in [0.5, 0.6) is 0 Å². The van der Waals surface area contributed by atoms with Crippen LogP contribution < -0.4 is 5.32 Å². The Morgan fingerprint density at radius 1 is 1.30 bits per heavy atom. The van der Waals surface area contributed by atoms with Gasteiger partial charge in [0, 0.05) is 12.6 Å². The summed E-state index contributed by atoms with van der Waals surface area (Å²) in [6.07, 6.45) is 1.80. The second-order valence-electron chi connectivity index (χ2n) is 5.65. The van der Waals surface area contributed by atoms with Gasteiger partial charge in [0.25, 0.3) is 0 Å². The Morgan fingerprint density at radius 2 is 2.00 bits per heavy atom. The molecule has 2 aliphatic rings. The lowest BCUT2D eigenvalue weighted by Crippen LogP contribution is -2.52. The number of hydrogen-bond donors (Lipinski definition) is 2. The van der Waals surface area contributed by atoms with Crippen molar-refractivity contribution in [2.24, 2.45) is 5.92 Å². The van der Waals surface area contributed by atoms with Crippen LogP contribution in [0.4, 0.5) is 4.79 Å². The molecule has 2 saturated heterocycles. The first-order chi connectivity index (χ1) is 9.30. The third kappa shape index (κ3) is 3.23. The highest BCUT2D eigenvalue weighted by molar-refractivity contribution is 7.91. The number of amides is 2. The number of urea groups is 1. The summed E-state index contributed by atoms with van der Waals surface area (Å²) in [5.74, 6) is -0.993. The van der Waals surface area contributed by atoms with Gasteiger partial charge in [0.15, 0.2) is 9.84 Å². The lowest BCUT2D eigenvalue weighted by Gasteiger charge is -2.28. The van der Waals surface area contributed by atoms with E-state index >= 15 is 0 Å². The van der Waals surface area contributed by atoms with E-state index in [9.17, 15) is 23.1 Å². The van der Waals surface area contributed by atoms with Gasteiger partial charge in [-0.05, 0) is 25.2 Å². The van der Waals surface area contributed by atoms with Crippen LogP contribution in [0.15, 0.2) is 0 Å². The summed E-state index contributed by atoms with van der Waals surface area (Å²) < 4.78 is 23.1. The molecule has 3 unspecified atom stereocenters. The van der Waals surface area contributed by atoms with Crippen LogP contribution >= 0.6 is 0 Å². The average molecular weight is 304 g/mol. The van der Waals surface area contributed by atoms with Gasteiger partial charge in [-0.25, -0.2) is 18.0 Å². The number of hydrogen-bond acceptors (Lipinski definition) is 4. The van der Waals surface area contributed by atoms with Gasteiger partial charge in [0.05, 0.1) is 11.5 Å². The molecule has 2 aliphatic heterocycles. The SMILES string of the molecule is CC1CCN(C(=O)NC2CCCS(=O)(=O)C2)C1C(=O)O. The first-order valence-corrected chi connectivity index (χ1v) is 8.62. The molecule has 2 amide bonds. The van der Waals surface area contributed by atoms with Crippen molar-refractivity contribution in [3.63, 3.8) is 0 Å². The Hall–Kier alpha value is -1.31. The molecule has 0 aromatic carbocycles. The third-order valence-corrected chi connectivity index (χ3v) is 5.83. The lowest BCUT2D eigenvalue weighted by atomic mass is 10.0. The Bertz CT molecular complexity index is 504. The van der Waals surface area contributed by atoms with Gasteiger partial charge in [-0.1, -0.05) is 6.92 Å². The summed E-state index contributed by atoms with van der Waals surface area (Å²) in [5, 5.41) is 11.8. The average Bonchev–Trinajstić information content (AvgIpc) is 2.69. The monoisotopic (exact) mass is 304 g/mol. The normalized spacial score (nSPS) is 32.9. The number of carbonyl (C=O) groups is 2. The summed E-state index contributed by atoms with van der Waals surface area (Å²) in [5.41, 5.74) is 0. The quantitative estimate of drug-likeness (QED) is 0.751. The number of rotatable bonds is 2. The summed E-state index contributed by atoms with van der Waals surface area (Å²) in [4.78, 5) is 24.6. The van der Waals surface area contributed by atoms with Crippen LogP contribution in [-0.2, 0) is 14.6 Å². The Morgan fingerprint density at radius 3 is 2.60 bits per heavy atom. The molecule has 2 rings (SSSR count). The topological polar surface area (TPSA) is 104 Å². The summed E-state index contributed by atoms with van der Waals surface area (Å²) in [6, 6.07) is -1.70. The number of sulfone groups is 1. The predicted octanol–water partition coefficient (Wildman–Crippen LogP) is 0.0682. The molecule has 0 radical (unpaired) electrons. The largest absolute Gasteiger partial charge is 0.480 e.